The number of hydrogen-bond donors (Lipinski definition) is 0. The number of allylic oxidation sites excluding steroid dienone is 4. The van der Waals surface area contributed by atoms with E-state index in [1.807, 2.05) is 0 Å². The minimum Gasteiger partial charge on any atom is -0.0736 e. The summed E-state index contributed by atoms with van der Waals surface area (Å²) in [5, 5.41) is 0. The van der Waals surface area contributed by atoms with Crippen LogP contribution >= 0.6 is 0 Å². The monoisotopic (exact) mass is 212 g/mol. The Morgan fingerprint density at radius 2 is 1.88 bits per heavy atom. The molecular weight excluding hydrogens is 192 g/mol. The zero-order valence-corrected chi connectivity index (χ0v) is 10.4. The van der Waals surface area contributed by atoms with E-state index in [4.69, 9.17) is 0 Å². The highest BCUT2D eigenvalue weighted by Crippen LogP contribution is 2.40. The molecular formula is C16H20. The molecule has 1 aromatic carbocycles. The van der Waals surface area contributed by atoms with Crippen LogP contribution in [0.5, 0.6) is 0 Å². The molecule has 0 saturated heterocycles. The third-order valence-corrected chi connectivity index (χ3v) is 4.01. The molecule has 1 aliphatic carbocycles. The van der Waals surface area contributed by atoms with Crippen LogP contribution in [0.4, 0.5) is 0 Å². The van der Waals surface area contributed by atoms with Gasteiger partial charge in [0.25, 0.3) is 0 Å². The molecule has 0 aromatic heterocycles. The molecule has 16 heavy (non-hydrogen) atoms. The van der Waals surface area contributed by atoms with Crippen LogP contribution < -0.4 is 0 Å². The molecule has 0 aliphatic heterocycles. The van der Waals surface area contributed by atoms with E-state index in [0.29, 0.717) is 5.92 Å². The van der Waals surface area contributed by atoms with Crippen molar-refractivity contribution in [3.8, 4) is 0 Å². The highest BCUT2D eigenvalue weighted by molar-refractivity contribution is 5.39. The summed E-state index contributed by atoms with van der Waals surface area (Å²) >= 11 is 0. The Morgan fingerprint density at radius 1 is 1.19 bits per heavy atom. The summed E-state index contributed by atoms with van der Waals surface area (Å²) in [7, 11) is 0. The zero-order chi connectivity index (χ0) is 11.6. The first-order valence-electron chi connectivity index (χ1n) is 6.12. The molecule has 0 fully saturated rings. The van der Waals surface area contributed by atoms with Gasteiger partial charge in [-0.15, -0.1) is 0 Å². The average molecular weight is 212 g/mol. The lowest BCUT2D eigenvalue weighted by molar-refractivity contribution is 0.427. The highest BCUT2D eigenvalue weighted by Gasteiger charge is 2.33. The van der Waals surface area contributed by atoms with Gasteiger partial charge >= 0.3 is 0 Å². The van der Waals surface area contributed by atoms with Crippen molar-refractivity contribution in [2.24, 2.45) is 5.92 Å². The first-order chi connectivity index (χ1) is 7.68. The average Bonchev–Trinajstić information content (AvgIpc) is 2.34. The molecule has 1 aromatic rings. The lowest BCUT2D eigenvalue weighted by Gasteiger charge is -2.37. The topological polar surface area (TPSA) is 0 Å². The van der Waals surface area contributed by atoms with Crippen molar-refractivity contribution in [2.45, 2.75) is 32.6 Å². The Balaban J connectivity index is 2.41. The van der Waals surface area contributed by atoms with E-state index in [0.717, 1.165) is 6.42 Å². The molecule has 2 atom stereocenters. The summed E-state index contributed by atoms with van der Waals surface area (Å²) < 4.78 is 0. The molecule has 0 spiro atoms. The highest BCUT2D eigenvalue weighted by atomic mass is 14.4. The van der Waals surface area contributed by atoms with Crippen molar-refractivity contribution < 1.29 is 0 Å². The molecule has 0 bridgehead atoms. The van der Waals surface area contributed by atoms with Crippen LogP contribution in [0, 0.1) is 5.92 Å². The van der Waals surface area contributed by atoms with Crippen LogP contribution in [-0.2, 0) is 5.41 Å². The third kappa shape index (κ3) is 1.73. The van der Waals surface area contributed by atoms with Crippen molar-refractivity contribution in [3.05, 3.63) is 59.7 Å². The predicted molar refractivity (Wildman–Crippen MR) is 70.5 cm³/mol. The van der Waals surface area contributed by atoms with Crippen LogP contribution in [0.15, 0.2) is 54.1 Å². The fraction of sp³-hybridized carbons (Fsp3) is 0.375. The van der Waals surface area contributed by atoms with Gasteiger partial charge < -0.3 is 0 Å². The number of benzene rings is 1. The maximum atomic E-state index is 2.34. The van der Waals surface area contributed by atoms with Gasteiger partial charge in [0.2, 0.25) is 0 Å². The van der Waals surface area contributed by atoms with Crippen molar-refractivity contribution in [1.82, 2.24) is 0 Å². The van der Waals surface area contributed by atoms with E-state index in [9.17, 15) is 0 Å². The summed E-state index contributed by atoms with van der Waals surface area (Å²) in [6.45, 7) is 6.92. The summed E-state index contributed by atoms with van der Waals surface area (Å²) in [5.41, 5.74) is 3.12. The summed E-state index contributed by atoms with van der Waals surface area (Å²) in [6.07, 6.45) is 7.97. The van der Waals surface area contributed by atoms with Gasteiger partial charge in [-0.1, -0.05) is 74.9 Å². The first-order valence-corrected chi connectivity index (χ1v) is 6.12. The summed E-state index contributed by atoms with van der Waals surface area (Å²) in [4.78, 5) is 0. The van der Waals surface area contributed by atoms with Crippen LogP contribution in [0.3, 0.4) is 0 Å². The van der Waals surface area contributed by atoms with Crippen LogP contribution in [0.1, 0.15) is 32.8 Å². The van der Waals surface area contributed by atoms with Gasteiger partial charge in [0.05, 0.1) is 0 Å². The molecule has 0 heteroatoms. The second-order valence-electron chi connectivity index (χ2n) is 4.82. The van der Waals surface area contributed by atoms with Crippen molar-refractivity contribution in [2.75, 3.05) is 0 Å². The second kappa shape index (κ2) is 4.29. The SMILES string of the molecule is CCC1=CC=CC(C)(c2ccccc2)C1C. The molecule has 0 saturated carbocycles. The Labute approximate surface area is 98.7 Å². The molecule has 0 amide bonds. The largest absolute Gasteiger partial charge is 0.0736 e. The van der Waals surface area contributed by atoms with Gasteiger partial charge in [0.15, 0.2) is 0 Å². The van der Waals surface area contributed by atoms with Crippen LogP contribution in [0.2, 0.25) is 0 Å². The predicted octanol–water partition coefficient (Wildman–Crippen LogP) is 4.49. The zero-order valence-electron chi connectivity index (χ0n) is 10.4. The van der Waals surface area contributed by atoms with Gasteiger partial charge in [-0.3, -0.25) is 0 Å². The molecule has 0 radical (unpaired) electrons. The van der Waals surface area contributed by atoms with Gasteiger partial charge in [-0.2, -0.15) is 0 Å². The molecule has 1 aliphatic rings. The standard InChI is InChI=1S/C16H20/c1-4-14-9-8-12-16(3,13(14)2)15-10-6-5-7-11-15/h5-13H,4H2,1-3H3. The molecule has 0 heterocycles. The smallest absolute Gasteiger partial charge is 0.0169 e. The van der Waals surface area contributed by atoms with E-state index < -0.39 is 0 Å². The Bertz CT molecular complexity index is 411. The fourth-order valence-electron chi connectivity index (χ4n) is 2.61. The lowest BCUT2D eigenvalue weighted by Crippen LogP contribution is -2.31. The Hall–Kier alpha value is -1.30. The van der Waals surface area contributed by atoms with E-state index in [1.165, 1.54) is 5.56 Å². The van der Waals surface area contributed by atoms with Crippen molar-refractivity contribution in [1.29, 1.82) is 0 Å². The van der Waals surface area contributed by atoms with Crippen LogP contribution in [0.25, 0.3) is 0 Å². The van der Waals surface area contributed by atoms with E-state index >= 15 is 0 Å². The number of rotatable bonds is 2. The molecule has 0 nitrogen and oxygen atoms in total. The van der Waals surface area contributed by atoms with Gasteiger partial charge in [-0.05, 0) is 17.9 Å². The van der Waals surface area contributed by atoms with E-state index in [1.54, 1.807) is 5.57 Å². The van der Waals surface area contributed by atoms with Gasteiger partial charge in [0, 0.05) is 5.41 Å². The maximum Gasteiger partial charge on any atom is 0.0169 e. The Morgan fingerprint density at radius 3 is 2.50 bits per heavy atom. The summed E-state index contributed by atoms with van der Waals surface area (Å²) in [5.74, 6) is 0.588. The van der Waals surface area contributed by atoms with Crippen LogP contribution in [-0.4, -0.2) is 0 Å². The van der Waals surface area contributed by atoms with Gasteiger partial charge in [0.1, 0.15) is 0 Å². The minimum atomic E-state index is 0.154. The number of hydrogen-bond acceptors (Lipinski definition) is 0. The first kappa shape index (κ1) is 11.2. The summed E-state index contributed by atoms with van der Waals surface area (Å²) in [6, 6.07) is 10.8. The van der Waals surface area contributed by atoms with Crippen molar-refractivity contribution in [3.63, 3.8) is 0 Å². The van der Waals surface area contributed by atoms with Crippen molar-refractivity contribution >= 4 is 0 Å². The minimum absolute atomic E-state index is 0.154. The van der Waals surface area contributed by atoms with E-state index in [-0.39, 0.29) is 5.41 Å². The van der Waals surface area contributed by atoms with E-state index in [2.05, 4.69) is 69.3 Å². The second-order valence-corrected chi connectivity index (χ2v) is 4.82. The van der Waals surface area contributed by atoms with Gasteiger partial charge in [-0.25, -0.2) is 0 Å². The molecule has 2 unspecified atom stereocenters. The fourth-order valence-corrected chi connectivity index (χ4v) is 2.61. The molecule has 2 rings (SSSR count). The third-order valence-electron chi connectivity index (χ3n) is 4.01. The lowest BCUT2D eigenvalue weighted by atomic mass is 9.67. The normalized spacial score (nSPS) is 28.9. The maximum absolute atomic E-state index is 2.34. The quantitative estimate of drug-likeness (QED) is 0.677. The molecule has 0 N–H and O–H groups in total. The molecule has 84 valence electrons. The Kier molecular flexibility index (Phi) is 3.00.